The zero-order valence-electron chi connectivity index (χ0n) is 11.6. The molecule has 2 fully saturated rings. The third kappa shape index (κ3) is 3.43. The molecule has 0 saturated carbocycles. The first-order valence-electron chi connectivity index (χ1n) is 6.90. The zero-order valence-corrected chi connectivity index (χ0v) is 11.6. The maximum atomic E-state index is 12.5. The normalized spacial score (nSPS) is 23.1. The molecular weight excluding hydrogens is 230 g/mol. The summed E-state index contributed by atoms with van der Waals surface area (Å²) in [4.78, 5) is 16.9. The van der Waals surface area contributed by atoms with Gasteiger partial charge in [0.1, 0.15) is 0 Å². The quantitative estimate of drug-likeness (QED) is 0.757. The molecule has 5 nitrogen and oxygen atoms in total. The Morgan fingerprint density at radius 1 is 1.17 bits per heavy atom. The smallest absolute Gasteiger partial charge is 0.229 e. The number of morpholine rings is 1. The van der Waals surface area contributed by atoms with Crippen LogP contribution in [0.3, 0.4) is 0 Å². The van der Waals surface area contributed by atoms with Crippen LogP contribution in [0.1, 0.15) is 13.8 Å². The van der Waals surface area contributed by atoms with Crippen molar-refractivity contribution in [3.05, 3.63) is 0 Å². The molecule has 0 unspecified atom stereocenters. The summed E-state index contributed by atoms with van der Waals surface area (Å²) in [6.45, 7) is 12.0. The number of hydrogen-bond donors (Lipinski definition) is 1. The second kappa shape index (κ2) is 5.99. The molecule has 0 spiro atoms. The van der Waals surface area contributed by atoms with Gasteiger partial charge in [-0.3, -0.25) is 9.69 Å². The number of hydrogen-bond acceptors (Lipinski definition) is 4. The van der Waals surface area contributed by atoms with Crippen molar-refractivity contribution in [2.75, 3.05) is 59.0 Å². The van der Waals surface area contributed by atoms with E-state index in [1.54, 1.807) is 0 Å². The average Bonchev–Trinajstić information content (AvgIpc) is 2.39. The molecule has 0 radical (unpaired) electrons. The van der Waals surface area contributed by atoms with Crippen LogP contribution in [0.2, 0.25) is 0 Å². The summed E-state index contributed by atoms with van der Waals surface area (Å²) < 4.78 is 5.30. The molecule has 0 aromatic carbocycles. The Kier molecular flexibility index (Phi) is 4.59. The Morgan fingerprint density at radius 3 is 2.39 bits per heavy atom. The summed E-state index contributed by atoms with van der Waals surface area (Å²) in [6.07, 6.45) is 0. The number of amides is 1. The fourth-order valence-electron chi connectivity index (χ4n) is 2.69. The van der Waals surface area contributed by atoms with Crippen LogP contribution in [0.4, 0.5) is 0 Å². The molecule has 2 aliphatic heterocycles. The monoisotopic (exact) mass is 255 g/mol. The van der Waals surface area contributed by atoms with Gasteiger partial charge in [0.15, 0.2) is 0 Å². The van der Waals surface area contributed by atoms with Crippen molar-refractivity contribution < 1.29 is 9.53 Å². The fraction of sp³-hybridized carbons (Fsp3) is 0.923. The van der Waals surface area contributed by atoms with Crippen LogP contribution >= 0.6 is 0 Å². The number of nitrogens with one attached hydrogen (secondary N) is 1. The van der Waals surface area contributed by atoms with Gasteiger partial charge < -0.3 is 15.0 Å². The Balaban J connectivity index is 1.89. The van der Waals surface area contributed by atoms with Gasteiger partial charge in [-0.15, -0.1) is 0 Å². The number of ether oxygens (including phenoxy) is 1. The molecule has 0 aromatic rings. The number of nitrogens with zero attached hydrogens (tertiary/aromatic N) is 2. The van der Waals surface area contributed by atoms with E-state index in [2.05, 4.69) is 24.1 Å². The highest BCUT2D eigenvalue weighted by molar-refractivity contribution is 5.82. The maximum Gasteiger partial charge on any atom is 0.229 e. The van der Waals surface area contributed by atoms with Crippen LogP contribution in [-0.4, -0.2) is 74.7 Å². The lowest BCUT2D eigenvalue weighted by molar-refractivity contribution is -0.145. The molecule has 104 valence electrons. The highest BCUT2D eigenvalue weighted by Crippen LogP contribution is 2.21. The van der Waals surface area contributed by atoms with Crippen molar-refractivity contribution >= 4 is 5.91 Å². The van der Waals surface area contributed by atoms with Crippen molar-refractivity contribution in [1.82, 2.24) is 15.1 Å². The van der Waals surface area contributed by atoms with Crippen molar-refractivity contribution in [1.29, 1.82) is 0 Å². The van der Waals surface area contributed by atoms with Crippen molar-refractivity contribution in [3.63, 3.8) is 0 Å². The van der Waals surface area contributed by atoms with Gasteiger partial charge in [-0.2, -0.15) is 0 Å². The Labute approximate surface area is 109 Å². The second-order valence-corrected chi connectivity index (χ2v) is 5.81. The molecule has 1 amide bonds. The first kappa shape index (κ1) is 13.8. The predicted molar refractivity (Wildman–Crippen MR) is 70.5 cm³/mol. The van der Waals surface area contributed by atoms with Gasteiger partial charge in [-0.05, 0) is 13.8 Å². The minimum absolute atomic E-state index is 0.268. The van der Waals surface area contributed by atoms with Gasteiger partial charge >= 0.3 is 0 Å². The second-order valence-electron chi connectivity index (χ2n) is 5.81. The van der Waals surface area contributed by atoms with Crippen LogP contribution in [0.5, 0.6) is 0 Å². The van der Waals surface area contributed by atoms with E-state index in [1.165, 1.54) is 0 Å². The van der Waals surface area contributed by atoms with Gasteiger partial charge in [-0.25, -0.2) is 0 Å². The maximum absolute atomic E-state index is 12.5. The minimum Gasteiger partial charge on any atom is -0.378 e. The summed E-state index contributed by atoms with van der Waals surface area (Å²) in [5.41, 5.74) is -0.297. The first-order valence-corrected chi connectivity index (χ1v) is 6.90. The van der Waals surface area contributed by atoms with E-state index in [1.807, 2.05) is 4.90 Å². The van der Waals surface area contributed by atoms with E-state index >= 15 is 0 Å². The van der Waals surface area contributed by atoms with Gasteiger partial charge in [0, 0.05) is 45.8 Å². The average molecular weight is 255 g/mol. The summed E-state index contributed by atoms with van der Waals surface area (Å²) >= 11 is 0. The largest absolute Gasteiger partial charge is 0.378 e. The number of rotatable bonds is 3. The van der Waals surface area contributed by atoms with E-state index < -0.39 is 0 Å². The highest BCUT2D eigenvalue weighted by Gasteiger charge is 2.34. The number of piperazine rings is 1. The van der Waals surface area contributed by atoms with Crippen molar-refractivity contribution in [2.24, 2.45) is 5.41 Å². The summed E-state index contributed by atoms with van der Waals surface area (Å²) in [7, 11) is 0. The Bertz CT molecular complexity index is 282. The van der Waals surface area contributed by atoms with Crippen LogP contribution in [0, 0.1) is 5.41 Å². The molecule has 2 aliphatic rings. The first-order chi connectivity index (χ1) is 8.59. The summed E-state index contributed by atoms with van der Waals surface area (Å²) in [5.74, 6) is 0.268. The summed E-state index contributed by atoms with van der Waals surface area (Å²) in [6, 6.07) is 0. The molecule has 2 saturated heterocycles. The molecule has 2 heterocycles. The molecule has 0 aromatic heterocycles. The van der Waals surface area contributed by atoms with Crippen LogP contribution in [-0.2, 0) is 9.53 Å². The molecule has 18 heavy (non-hydrogen) atoms. The lowest BCUT2D eigenvalue weighted by Crippen LogP contribution is -2.53. The molecule has 1 N–H and O–H groups in total. The topological polar surface area (TPSA) is 44.8 Å². The van der Waals surface area contributed by atoms with E-state index in [9.17, 15) is 4.79 Å². The van der Waals surface area contributed by atoms with Gasteiger partial charge in [0.25, 0.3) is 0 Å². The van der Waals surface area contributed by atoms with Crippen LogP contribution in [0.15, 0.2) is 0 Å². The van der Waals surface area contributed by atoms with Crippen molar-refractivity contribution in [2.45, 2.75) is 13.8 Å². The summed E-state index contributed by atoms with van der Waals surface area (Å²) in [5, 5.41) is 3.34. The Morgan fingerprint density at radius 2 is 1.78 bits per heavy atom. The van der Waals surface area contributed by atoms with E-state index in [4.69, 9.17) is 4.74 Å². The van der Waals surface area contributed by atoms with Crippen molar-refractivity contribution in [3.8, 4) is 0 Å². The molecule has 5 heteroatoms. The highest BCUT2D eigenvalue weighted by atomic mass is 16.5. The number of carbonyl (C=O) groups is 1. The van der Waals surface area contributed by atoms with E-state index in [0.29, 0.717) is 13.2 Å². The molecule has 0 atom stereocenters. The van der Waals surface area contributed by atoms with Crippen LogP contribution in [0.25, 0.3) is 0 Å². The Hall–Kier alpha value is -0.650. The van der Waals surface area contributed by atoms with Crippen LogP contribution < -0.4 is 5.32 Å². The van der Waals surface area contributed by atoms with Gasteiger partial charge in [-0.1, -0.05) is 0 Å². The molecule has 2 rings (SSSR count). The molecule has 0 aliphatic carbocycles. The third-order valence-electron chi connectivity index (χ3n) is 3.71. The van der Waals surface area contributed by atoms with E-state index in [-0.39, 0.29) is 11.3 Å². The zero-order chi connectivity index (χ0) is 13.0. The lowest BCUT2D eigenvalue weighted by atomic mass is 9.90. The van der Waals surface area contributed by atoms with Gasteiger partial charge in [0.05, 0.1) is 18.6 Å². The molecular formula is C13H25N3O2. The fourth-order valence-corrected chi connectivity index (χ4v) is 2.69. The lowest BCUT2D eigenvalue weighted by Gasteiger charge is -2.38. The predicted octanol–water partition coefficient (Wildman–Crippen LogP) is -0.223. The third-order valence-corrected chi connectivity index (χ3v) is 3.71. The van der Waals surface area contributed by atoms with Gasteiger partial charge in [0.2, 0.25) is 5.91 Å². The standard InChI is InChI=1S/C13H25N3O2/c1-13(2,11-15-5-3-14-4-6-15)12(17)16-7-9-18-10-8-16/h14H,3-11H2,1-2H3. The van der Waals surface area contributed by atoms with E-state index in [0.717, 1.165) is 45.8 Å². The molecule has 0 bridgehead atoms. The SMILES string of the molecule is CC(C)(CN1CCNCC1)C(=O)N1CCOCC1. The minimum atomic E-state index is -0.297. The number of carbonyl (C=O) groups excluding carboxylic acids is 1.